The minimum atomic E-state index is -0.0422. The molecule has 144 valence electrons. The molecule has 0 atom stereocenters. The van der Waals surface area contributed by atoms with E-state index in [9.17, 15) is 4.91 Å². The van der Waals surface area contributed by atoms with Crippen LogP contribution in [0, 0.1) is 4.91 Å². The molecule has 0 saturated heterocycles. The van der Waals surface area contributed by atoms with Crippen molar-refractivity contribution in [3.8, 4) is 11.3 Å². The van der Waals surface area contributed by atoms with Crippen molar-refractivity contribution in [1.29, 1.82) is 0 Å². The zero-order valence-electron chi connectivity index (χ0n) is 16.1. The number of anilines is 2. The largest absolute Gasteiger partial charge is 0.367 e. The fraction of sp³-hybridized carbons (Fsp3) is 0.550. The summed E-state index contributed by atoms with van der Waals surface area (Å²) < 4.78 is 0. The molecule has 1 fully saturated rings. The first-order valence-corrected chi connectivity index (χ1v) is 9.79. The van der Waals surface area contributed by atoms with Crippen molar-refractivity contribution in [2.24, 2.45) is 5.18 Å². The normalized spacial score (nSPS) is 19.5. The van der Waals surface area contributed by atoms with Gasteiger partial charge in [-0.05, 0) is 44.2 Å². The van der Waals surface area contributed by atoms with Crippen LogP contribution in [0.15, 0.2) is 35.8 Å². The molecule has 1 aliphatic carbocycles. The van der Waals surface area contributed by atoms with Gasteiger partial charge >= 0.3 is 0 Å². The van der Waals surface area contributed by atoms with Crippen molar-refractivity contribution in [3.05, 3.63) is 35.5 Å². The van der Waals surface area contributed by atoms with Crippen LogP contribution in [-0.4, -0.2) is 40.6 Å². The molecule has 0 spiro atoms. The highest BCUT2D eigenvalue weighted by Gasteiger charge is 2.23. The molecular weight excluding hydrogens is 340 g/mol. The molecule has 1 saturated carbocycles. The van der Waals surface area contributed by atoms with E-state index in [1.807, 2.05) is 31.4 Å². The zero-order valence-corrected chi connectivity index (χ0v) is 16.1. The van der Waals surface area contributed by atoms with Gasteiger partial charge in [-0.2, -0.15) is 9.89 Å². The smallest absolute Gasteiger partial charge is 0.227 e. The van der Waals surface area contributed by atoms with Gasteiger partial charge in [0.2, 0.25) is 5.95 Å². The molecule has 1 N–H and O–H groups in total. The Bertz CT molecular complexity index is 731. The molecule has 0 unspecified atom stereocenters. The first-order chi connectivity index (χ1) is 13.2. The summed E-state index contributed by atoms with van der Waals surface area (Å²) in [5, 5.41) is 6.78. The number of nitrogens with zero attached hydrogens (tertiary/aromatic N) is 5. The van der Waals surface area contributed by atoms with Crippen LogP contribution >= 0.6 is 0 Å². The Morgan fingerprint density at radius 2 is 2.04 bits per heavy atom. The zero-order chi connectivity index (χ0) is 19.1. The van der Waals surface area contributed by atoms with Crippen molar-refractivity contribution >= 4 is 11.8 Å². The maximum atomic E-state index is 10.8. The van der Waals surface area contributed by atoms with Crippen molar-refractivity contribution in [2.45, 2.75) is 57.5 Å². The molecule has 0 aliphatic heterocycles. The molecule has 0 radical (unpaired) electrons. The highest BCUT2D eigenvalue weighted by molar-refractivity contribution is 5.72. The van der Waals surface area contributed by atoms with Gasteiger partial charge in [0.15, 0.2) is 0 Å². The molecular formula is C20H28N6O. The highest BCUT2D eigenvalue weighted by Crippen LogP contribution is 2.29. The monoisotopic (exact) mass is 368 g/mol. The predicted octanol–water partition coefficient (Wildman–Crippen LogP) is 4.26. The second-order valence-electron chi connectivity index (χ2n) is 7.18. The van der Waals surface area contributed by atoms with E-state index in [4.69, 9.17) is 4.98 Å². The Morgan fingerprint density at radius 3 is 2.70 bits per heavy atom. The predicted molar refractivity (Wildman–Crippen MR) is 109 cm³/mol. The third kappa shape index (κ3) is 4.99. The van der Waals surface area contributed by atoms with Gasteiger partial charge in [-0.1, -0.05) is 24.6 Å². The van der Waals surface area contributed by atoms with Crippen molar-refractivity contribution in [3.63, 3.8) is 0 Å². The van der Waals surface area contributed by atoms with E-state index in [1.54, 1.807) is 6.20 Å². The SMILES string of the molecule is CCCCN(C)c1ncc(-c2ccccn2)c(NC2CCC(N=O)CC2)n1. The van der Waals surface area contributed by atoms with Crippen LogP contribution in [0.4, 0.5) is 11.8 Å². The van der Waals surface area contributed by atoms with E-state index in [1.165, 1.54) is 0 Å². The summed E-state index contributed by atoms with van der Waals surface area (Å²) in [6.45, 7) is 3.10. The first kappa shape index (κ1) is 19.2. The van der Waals surface area contributed by atoms with Crippen LogP contribution in [0.25, 0.3) is 11.3 Å². The third-order valence-electron chi connectivity index (χ3n) is 5.09. The highest BCUT2D eigenvalue weighted by atomic mass is 16.3. The summed E-state index contributed by atoms with van der Waals surface area (Å²) in [5.41, 5.74) is 1.75. The second-order valence-corrected chi connectivity index (χ2v) is 7.18. The van der Waals surface area contributed by atoms with Gasteiger partial charge in [-0.3, -0.25) is 4.98 Å². The molecule has 0 amide bonds. The average Bonchev–Trinajstić information content (AvgIpc) is 2.73. The minimum Gasteiger partial charge on any atom is -0.367 e. The van der Waals surface area contributed by atoms with E-state index in [2.05, 4.69) is 32.3 Å². The maximum absolute atomic E-state index is 10.8. The van der Waals surface area contributed by atoms with Crippen molar-refractivity contribution < 1.29 is 0 Å². The Hall–Kier alpha value is -2.57. The first-order valence-electron chi connectivity index (χ1n) is 9.79. The minimum absolute atomic E-state index is 0.0422. The third-order valence-corrected chi connectivity index (χ3v) is 5.09. The van der Waals surface area contributed by atoms with Crippen LogP contribution in [0.5, 0.6) is 0 Å². The number of unbranched alkanes of at least 4 members (excludes halogenated alkanes) is 1. The van der Waals surface area contributed by atoms with Gasteiger partial charge in [-0.25, -0.2) is 4.98 Å². The topological polar surface area (TPSA) is 83.4 Å². The summed E-state index contributed by atoms with van der Waals surface area (Å²) in [6, 6.07) is 6.08. The Labute approximate surface area is 160 Å². The number of hydrogen-bond acceptors (Lipinski definition) is 7. The maximum Gasteiger partial charge on any atom is 0.227 e. The van der Waals surface area contributed by atoms with Gasteiger partial charge in [0.05, 0.1) is 17.3 Å². The molecule has 7 nitrogen and oxygen atoms in total. The number of nitroso groups, excluding NO2 is 1. The molecule has 2 heterocycles. The lowest BCUT2D eigenvalue weighted by Crippen LogP contribution is -2.29. The molecule has 2 aromatic heterocycles. The standard InChI is InChI=1S/C20H28N6O/c1-3-4-13-26(2)20-22-14-17(18-7-5-6-12-21-18)19(24-20)23-15-8-10-16(25-27)11-9-15/h5-7,12,14-16H,3-4,8-11,13H2,1-2H3,(H,22,23,24). The van der Waals surface area contributed by atoms with E-state index in [0.717, 1.165) is 62.1 Å². The summed E-state index contributed by atoms with van der Waals surface area (Å²) in [7, 11) is 2.02. The van der Waals surface area contributed by atoms with Crippen LogP contribution in [0.1, 0.15) is 45.4 Å². The quantitative estimate of drug-likeness (QED) is 0.701. The van der Waals surface area contributed by atoms with E-state index < -0.39 is 0 Å². The lowest BCUT2D eigenvalue weighted by atomic mass is 9.91. The molecule has 7 heteroatoms. The molecule has 2 aromatic rings. The van der Waals surface area contributed by atoms with E-state index >= 15 is 0 Å². The second kappa shape index (κ2) is 9.39. The van der Waals surface area contributed by atoms with Crippen molar-refractivity contribution in [2.75, 3.05) is 23.8 Å². The number of nitrogens with one attached hydrogen (secondary N) is 1. The van der Waals surface area contributed by atoms with Crippen LogP contribution in [-0.2, 0) is 0 Å². The van der Waals surface area contributed by atoms with E-state index in [0.29, 0.717) is 5.95 Å². The Morgan fingerprint density at radius 1 is 1.22 bits per heavy atom. The fourth-order valence-electron chi connectivity index (χ4n) is 3.39. The average molecular weight is 368 g/mol. The van der Waals surface area contributed by atoms with Crippen molar-refractivity contribution in [1.82, 2.24) is 15.0 Å². The van der Waals surface area contributed by atoms with Crippen LogP contribution in [0.3, 0.4) is 0 Å². The van der Waals surface area contributed by atoms with Gasteiger partial charge in [-0.15, -0.1) is 0 Å². The van der Waals surface area contributed by atoms with E-state index in [-0.39, 0.29) is 12.1 Å². The lowest BCUT2D eigenvalue weighted by molar-refractivity contribution is 0.410. The molecule has 0 bridgehead atoms. The molecule has 3 rings (SSSR count). The molecule has 0 aromatic carbocycles. The summed E-state index contributed by atoms with van der Waals surface area (Å²) in [5.74, 6) is 1.53. The van der Waals surface area contributed by atoms with Gasteiger partial charge in [0.25, 0.3) is 0 Å². The molecule has 27 heavy (non-hydrogen) atoms. The number of pyridine rings is 1. The summed E-state index contributed by atoms with van der Waals surface area (Å²) in [6.07, 6.45) is 9.37. The lowest BCUT2D eigenvalue weighted by Gasteiger charge is -2.27. The number of aromatic nitrogens is 3. The Balaban J connectivity index is 1.84. The van der Waals surface area contributed by atoms with Crippen LogP contribution < -0.4 is 10.2 Å². The van der Waals surface area contributed by atoms with Gasteiger partial charge < -0.3 is 10.2 Å². The Kier molecular flexibility index (Phi) is 6.68. The van der Waals surface area contributed by atoms with Gasteiger partial charge in [0.1, 0.15) is 5.82 Å². The number of rotatable bonds is 8. The van der Waals surface area contributed by atoms with Crippen LogP contribution in [0.2, 0.25) is 0 Å². The number of hydrogen-bond donors (Lipinski definition) is 1. The summed E-state index contributed by atoms with van der Waals surface area (Å²) >= 11 is 0. The summed E-state index contributed by atoms with van der Waals surface area (Å²) in [4.78, 5) is 26.7. The fourth-order valence-corrected chi connectivity index (χ4v) is 3.39. The van der Waals surface area contributed by atoms with Gasteiger partial charge in [0, 0.05) is 32.0 Å². The molecule has 1 aliphatic rings.